The number of benzene rings is 1. The number of carboxylic acids is 1. The highest BCUT2D eigenvalue weighted by molar-refractivity contribution is 5.67. The third kappa shape index (κ3) is 2.73. The lowest BCUT2D eigenvalue weighted by atomic mass is 9.84. The number of hydrogen-bond donors (Lipinski definition) is 1. The van der Waals surface area contributed by atoms with E-state index in [-0.39, 0.29) is 6.04 Å². The van der Waals surface area contributed by atoms with E-state index in [1.165, 1.54) is 43.2 Å². The van der Waals surface area contributed by atoms with Crippen LogP contribution in [0.3, 0.4) is 0 Å². The summed E-state index contributed by atoms with van der Waals surface area (Å²) in [4.78, 5) is 13.6. The third-order valence-electron chi connectivity index (χ3n) is 4.82. The van der Waals surface area contributed by atoms with Gasteiger partial charge in [0, 0.05) is 12.1 Å². The van der Waals surface area contributed by atoms with Crippen molar-refractivity contribution < 1.29 is 9.90 Å². The van der Waals surface area contributed by atoms with Crippen molar-refractivity contribution in [1.29, 1.82) is 0 Å². The Hall–Kier alpha value is -1.35. The minimum absolute atomic E-state index is 0.220. The quantitative estimate of drug-likeness (QED) is 0.917. The lowest BCUT2D eigenvalue weighted by Gasteiger charge is -2.43. The molecule has 3 heteroatoms. The van der Waals surface area contributed by atoms with Crippen molar-refractivity contribution in [2.45, 2.75) is 57.0 Å². The summed E-state index contributed by atoms with van der Waals surface area (Å²) in [6.45, 7) is 1.05. The van der Waals surface area contributed by atoms with E-state index in [2.05, 4.69) is 29.2 Å². The van der Waals surface area contributed by atoms with Crippen LogP contribution in [0.2, 0.25) is 0 Å². The predicted molar refractivity (Wildman–Crippen MR) is 78.7 cm³/mol. The molecule has 1 fully saturated rings. The van der Waals surface area contributed by atoms with E-state index in [9.17, 15) is 4.79 Å². The van der Waals surface area contributed by atoms with Gasteiger partial charge in [0.25, 0.3) is 0 Å². The Morgan fingerprint density at radius 3 is 2.90 bits per heavy atom. The smallest absolute Gasteiger partial charge is 0.304 e. The summed E-state index contributed by atoms with van der Waals surface area (Å²) in [5.74, 6) is -0.661. The van der Waals surface area contributed by atoms with Crippen LogP contribution in [0.4, 0.5) is 0 Å². The molecule has 108 valence electrons. The van der Waals surface area contributed by atoms with E-state index in [0.29, 0.717) is 12.5 Å². The lowest BCUT2D eigenvalue weighted by molar-refractivity contribution is -0.139. The van der Waals surface area contributed by atoms with Gasteiger partial charge in [-0.3, -0.25) is 9.69 Å². The Morgan fingerprint density at radius 1 is 1.20 bits per heavy atom. The number of hydrogen-bond acceptors (Lipinski definition) is 2. The molecule has 3 rings (SSSR count). The number of fused-ring (bicyclic) bond motifs is 1. The van der Waals surface area contributed by atoms with Crippen molar-refractivity contribution in [1.82, 2.24) is 4.90 Å². The summed E-state index contributed by atoms with van der Waals surface area (Å²) in [6.07, 6.45) is 7.26. The van der Waals surface area contributed by atoms with Crippen molar-refractivity contribution >= 4 is 5.97 Å². The van der Waals surface area contributed by atoms with Crippen molar-refractivity contribution in [2.75, 3.05) is 6.54 Å². The van der Waals surface area contributed by atoms with Crippen LogP contribution in [0, 0.1) is 0 Å². The minimum atomic E-state index is -0.661. The van der Waals surface area contributed by atoms with Gasteiger partial charge in [0.2, 0.25) is 0 Å². The summed E-state index contributed by atoms with van der Waals surface area (Å²) in [5, 5.41) is 9.15. The van der Waals surface area contributed by atoms with Crippen LogP contribution in [0.15, 0.2) is 24.3 Å². The number of aliphatic carboxylic acids is 1. The molecule has 0 saturated carbocycles. The molecular formula is C17H23NO2. The molecule has 0 bridgehead atoms. The van der Waals surface area contributed by atoms with E-state index in [1.54, 1.807) is 0 Å². The van der Waals surface area contributed by atoms with Crippen molar-refractivity contribution in [2.24, 2.45) is 0 Å². The van der Waals surface area contributed by atoms with Crippen LogP contribution >= 0.6 is 0 Å². The Kier molecular flexibility index (Phi) is 4.06. The Bertz CT molecular complexity index is 486. The molecule has 1 N–H and O–H groups in total. The monoisotopic (exact) mass is 273 g/mol. The second-order valence-electron chi connectivity index (χ2n) is 6.09. The van der Waals surface area contributed by atoms with Crippen molar-refractivity contribution in [3.8, 4) is 0 Å². The standard InChI is InChI=1S/C17H23NO2/c19-17(20)12-14-8-3-4-11-18(14)16-10-5-7-13-6-1-2-9-15(13)16/h1-2,6,9,14,16H,3-5,7-8,10-12H2,(H,19,20). The molecule has 0 spiro atoms. The van der Waals surface area contributed by atoms with Gasteiger partial charge >= 0.3 is 5.97 Å². The maximum absolute atomic E-state index is 11.1. The Balaban J connectivity index is 1.85. The molecule has 2 unspecified atom stereocenters. The van der Waals surface area contributed by atoms with E-state index >= 15 is 0 Å². The molecule has 20 heavy (non-hydrogen) atoms. The van der Waals surface area contributed by atoms with Crippen molar-refractivity contribution in [3.05, 3.63) is 35.4 Å². The Morgan fingerprint density at radius 2 is 2.05 bits per heavy atom. The second kappa shape index (κ2) is 5.96. The lowest BCUT2D eigenvalue weighted by Crippen LogP contribution is -2.44. The number of carbonyl (C=O) groups is 1. The van der Waals surface area contributed by atoms with Gasteiger partial charge in [-0.15, -0.1) is 0 Å². The van der Waals surface area contributed by atoms with E-state index < -0.39 is 5.97 Å². The number of rotatable bonds is 3. The fourth-order valence-corrected chi connectivity index (χ4v) is 3.93. The van der Waals surface area contributed by atoms with E-state index in [1.807, 2.05) is 0 Å². The van der Waals surface area contributed by atoms with E-state index in [4.69, 9.17) is 5.11 Å². The second-order valence-corrected chi connectivity index (χ2v) is 6.09. The molecule has 0 amide bonds. The van der Waals surface area contributed by atoms with Crippen LogP contribution in [-0.2, 0) is 11.2 Å². The fraction of sp³-hybridized carbons (Fsp3) is 0.588. The summed E-state index contributed by atoms with van der Waals surface area (Å²) in [6, 6.07) is 9.37. The van der Waals surface area contributed by atoms with Gasteiger partial charge in [-0.05, 0) is 49.8 Å². The molecule has 1 aliphatic heterocycles. The molecule has 0 aromatic heterocycles. The molecular weight excluding hydrogens is 250 g/mol. The average molecular weight is 273 g/mol. The molecule has 2 atom stereocenters. The maximum Gasteiger partial charge on any atom is 0.304 e. The normalized spacial score (nSPS) is 27.0. The predicted octanol–water partition coefficient (Wildman–Crippen LogP) is 3.39. The number of piperidine rings is 1. The first kappa shape index (κ1) is 13.6. The molecule has 1 aromatic carbocycles. The maximum atomic E-state index is 11.1. The average Bonchev–Trinajstić information content (AvgIpc) is 2.47. The highest BCUT2D eigenvalue weighted by Gasteiger charge is 2.33. The summed E-state index contributed by atoms with van der Waals surface area (Å²) < 4.78 is 0. The largest absolute Gasteiger partial charge is 0.481 e. The highest BCUT2D eigenvalue weighted by Crippen LogP contribution is 2.38. The molecule has 1 saturated heterocycles. The van der Waals surface area contributed by atoms with E-state index in [0.717, 1.165) is 13.0 Å². The zero-order valence-electron chi connectivity index (χ0n) is 11.9. The molecule has 2 aliphatic rings. The fourth-order valence-electron chi connectivity index (χ4n) is 3.93. The summed E-state index contributed by atoms with van der Waals surface area (Å²) in [5.41, 5.74) is 2.90. The molecule has 1 heterocycles. The zero-order chi connectivity index (χ0) is 13.9. The first-order valence-electron chi connectivity index (χ1n) is 7.81. The SMILES string of the molecule is O=C(O)CC1CCCCN1C1CCCc2ccccc21. The molecule has 3 nitrogen and oxygen atoms in total. The topological polar surface area (TPSA) is 40.5 Å². The Labute approximate surface area is 120 Å². The van der Waals surface area contributed by atoms with Gasteiger partial charge in [-0.25, -0.2) is 0 Å². The van der Waals surface area contributed by atoms with Crippen LogP contribution in [-0.4, -0.2) is 28.6 Å². The first-order valence-corrected chi connectivity index (χ1v) is 7.81. The number of nitrogens with zero attached hydrogens (tertiary/aromatic N) is 1. The number of aryl methyl sites for hydroxylation is 1. The number of carboxylic acid groups (broad SMARTS) is 1. The summed E-state index contributed by atoms with van der Waals surface area (Å²) >= 11 is 0. The van der Waals surface area contributed by atoms with Crippen molar-refractivity contribution in [3.63, 3.8) is 0 Å². The van der Waals surface area contributed by atoms with Crippen LogP contribution in [0.1, 0.15) is 55.7 Å². The summed E-state index contributed by atoms with van der Waals surface area (Å²) in [7, 11) is 0. The van der Waals surface area contributed by atoms with Gasteiger partial charge < -0.3 is 5.11 Å². The first-order chi connectivity index (χ1) is 9.75. The molecule has 0 radical (unpaired) electrons. The van der Waals surface area contributed by atoms with Crippen LogP contribution < -0.4 is 0 Å². The zero-order valence-corrected chi connectivity index (χ0v) is 11.9. The van der Waals surface area contributed by atoms with Gasteiger partial charge in [-0.2, -0.15) is 0 Å². The van der Waals surface area contributed by atoms with Gasteiger partial charge in [0.15, 0.2) is 0 Å². The molecule has 1 aliphatic carbocycles. The van der Waals surface area contributed by atoms with Crippen LogP contribution in [0.5, 0.6) is 0 Å². The molecule has 1 aromatic rings. The van der Waals surface area contributed by atoms with Gasteiger partial charge in [0.1, 0.15) is 0 Å². The van der Waals surface area contributed by atoms with Gasteiger partial charge in [0.05, 0.1) is 6.42 Å². The highest BCUT2D eigenvalue weighted by atomic mass is 16.4. The van der Waals surface area contributed by atoms with Crippen LogP contribution in [0.25, 0.3) is 0 Å². The van der Waals surface area contributed by atoms with Gasteiger partial charge in [-0.1, -0.05) is 30.7 Å². The number of likely N-dealkylation sites (tertiary alicyclic amines) is 1. The minimum Gasteiger partial charge on any atom is -0.481 e. The third-order valence-corrected chi connectivity index (χ3v) is 4.82.